The smallest absolute Gasteiger partial charge is 0.243 e. The zero-order valence-electron chi connectivity index (χ0n) is 14.0. The summed E-state index contributed by atoms with van der Waals surface area (Å²) < 4.78 is 11.3. The van der Waals surface area contributed by atoms with Crippen molar-refractivity contribution in [2.24, 2.45) is 0 Å². The van der Waals surface area contributed by atoms with E-state index in [2.05, 4.69) is 10.6 Å². The highest BCUT2D eigenvalue weighted by Crippen LogP contribution is 2.22. The van der Waals surface area contributed by atoms with Crippen LogP contribution in [-0.4, -0.2) is 37.8 Å². The maximum absolute atomic E-state index is 12.2. The van der Waals surface area contributed by atoms with Crippen molar-refractivity contribution in [3.63, 3.8) is 0 Å². The van der Waals surface area contributed by atoms with E-state index in [4.69, 9.17) is 9.47 Å². The van der Waals surface area contributed by atoms with E-state index >= 15 is 0 Å². The first-order chi connectivity index (χ1) is 11.3. The summed E-state index contributed by atoms with van der Waals surface area (Å²) in [6.45, 7) is 2.42. The first kappa shape index (κ1) is 19.2. The number of hydrogen-bond acceptors (Lipinski definition) is 4. The Labute approximate surface area is 149 Å². The first-order valence-corrected chi connectivity index (χ1v) is 8.64. The molecule has 0 radical (unpaired) electrons. The van der Waals surface area contributed by atoms with Gasteiger partial charge in [-0.1, -0.05) is 31.4 Å². The Balaban J connectivity index is 0.00000208. The molecule has 1 aromatic rings. The summed E-state index contributed by atoms with van der Waals surface area (Å²) >= 11 is 0. The molecule has 1 aliphatic carbocycles. The van der Waals surface area contributed by atoms with Gasteiger partial charge in [-0.25, -0.2) is 0 Å². The van der Waals surface area contributed by atoms with Gasteiger partial charge in [-0.05, 0) is 30.5 Å². The van der Waals surface area contributed by atoms with Crippen molar-refractivity contribution in [1.29, 1.82) is 0 Å². The molecular formula is C18H27ClN2O3. The predicted molar refractivity (Wildman–Crippen MR) is 96.6 cm³/mol. The van der Waals surface area contributed by atoms with Crippen LogP contribution in [0.15, 0.2) is 24.3 Å². The second-order valence-corrected chi connectivity index (χ2v) is 6.34. The van der Waals surface area contributed by atoms with Crippen LogP contribution in [-0.2, 0) is 20.9 Å². The van der Waals surface area contributed by atoms with E-state index in [0.29, 0.717) is 32.5 Å². The summed E-state index contributed by atoms with van der Waals surface area (Å²) in [6, 6.07) is 7.63. The number of rotatable bonds is 5. The molecule has 3 rings (SSSR count). The maximum atomic E-state index is 12.2. The molecule has 1 amide bonds. The summed E-state index contributed by atoms with van der Waals surface area (Å²) in [7, 11) is 0. The van der Waals surface area contributed by atoms with Crippen LogP contribution in [0, 0.1) is 0 Å². The lowest BCUT2D eigenvalue weighted by atomic mass is 9.98. The van der Waals surface area contributed by atoms with Crippen LogP contribution in [0.2, 0.25) is 0 Å². The fourth-order valence-corrected chi connectivity index (χ4v) is 3.15. The summed E-state index contributed by atoms with van der Waals surface area (Å²) in [5.41, 5.74) is 1.91. The van der Waals surface area contributed by atoms with Crippen molar-refractivity contribution < 1.29 is 14.3 Å². The molecule has 1 atom stereocenters. The zero-order chi connectivity index (χ0) is 15.9. The van der Waals surface area contributed by atoms with Gasteiger partial charge in [-0.3, -0.25) is 4.79 Å². The van der Waals surface area contributed by atoms with Crippen LogP contribution in [0.3, 0.4) is 0 Å². The van der Waals surface area contributed by atoms with Crippen molar-refractivity contribution in [2.75, 3.05) is 25.1 Å². The average molecular weight is 355 g/mol. The molecular weight excluding hydrogens is 328 g/mol. The molecule has 0 aromatic heterocycles. The molecule has 134 valence electrons. The average Bonchev–Trinajstić information content (AvgIpc) is 2.62. The van der Waals surface area contributed by atoms with E-state index < -0.39 is 0 Å². The predicted octanol–water partition coefficient (Wildman–Crippen LogP) is 2.88. The van der Waals surface area contributed by atoms with Gasteiger partial charge in [0.25, 0.3) is 0 Å². The first-order valence-electron chi connectivity index (χ1n) is 8.64. The molecule has 1 aliphatic heterocycles. The topological polar surface area (TPSA) is 59.6 Å². The number of hydrogen-bond donors (Lipinski definition) is 2. The molecule has 24 heavy (non-hydrogen) atoms. The van der Waals surface area contributed by atoms with Crippen molar-refractivity contribution in [1.82, 2.24) is 5.32 Å². The van der Waals surface area contributed by atoms with Crippen LogP contribution < -0.4 is 10.6 Å². The highest BCUT2D eigenvalue weighted by Gasteiger charge is 2.21. The molecule has 0 bridgehead atoms. The Morgan fingerprint density at radius 3 is 2.88 bits per heavy atom. The Hall–Kier alpha value is -1.14. The highest BCUT2D eigenvalue weighted by molar-refractivity contribution is 5.95. The van der Waals surface area contributed by atoms with Gasteiger partial charge in [0.2, 0.25) is 5.91 Å². The zero-order valence-corrected chi connectivity index (χ0v) is 14.8. The molecule has 0 spiro atoms. The van der Waals surface area contributed by atoms with Crippen LogP contribution >= 0.6 is 12.4 Å². The minimum Gasteiger partial charge on any atom is -0.378 e. The standard InChI is InChI=1S/C18H26N2O3.ClH/c21-18(17-13-22-10-9-19-17)20-15-6-4-5-14(11-15)12-23-16-7-2-1-3-8-16;/h4-6,11,16-17,19H,1-3,7-10,12-13H2,(H,20,21);1H. The second kappa shape index (κ2) is 9.99. The van der Waals surface area contributed by atoms with Gasteiger partial charge in [0.15, 0.2) is 0 Å². The summed E-state index contributed by atoms with van der Waals surface area (Å²) in [4.78, 5) is 12.2. The monoisotopic (exact) mass is 354 g/mol. The molecule has 1 heterocycles. The normalized spacial score (nSPS) is 21.8. The highest BCUT2D eigenvalue weighted by atomic mass is 35.5. The third-order valence-corrected chi connectivity index (χ3v) is 4.47. The molecule has 1 unspecified atom stereocenters. The number of morpholine rings is 1. The minimum absolute atomic E-state index is 0. The molecule has 2 fully saturated rings. The van der Waals surface area contributed by atoms with E-state index in [1.165, 1.54) is 32.1 Å². The quantitative estimate of drug-likeness (QED) is 0.853. The number of ether oxygens (including phenoxy) is 2. The Bertz CT molecular complexity index is 515. The van der Waals surface area contributed by atoms with E-state index in [1.54, 1.807) is 0 Å². The molecule has 1 saturated heterocycles. The number of carbonyl (C=O) groups is 1. The third-order valence-electron chi connectivity index (χ3n) is 4.47. The third kappa shape index (κ3) is 5.74. The fraction of sp³-hybridized carbons (Fsp3) is 0.611. The molecule has 2 aliphatic rings. The summed E-state index contributed by atoms with van der Waals surface area (Å²) in [5, 5.41) is 6.11. The number of halogens is 1. The molecule has 2 N–H and O–H groups in total. The van der Waals surface area contributed by atoms with E-state index in [-0.39, 0.29) is 24.4 Å². The SMILES string of the molecule is Cl.O=C(Nc1cccc(COC2CCCCC2)c1)C1COCCN1. The molecule has 1 saturated carbocycles. The van der Waals surface area contributed by atoms with Crippen molar-refractivity contribution in [2.45, 2.75) is 50.9 Å². The van der Waals surface area contributed by atoms with Gasteiger partial charge in [-0.15, -0.1) is 12.4 Å². The lowest BCUT2D eigenvalue weighted by Crippen LogP contribution is -2.48. The van der Waals surface area contributed by atoms with Crippen molar-refractivity contribution in [3.8, 4) is 0 Å². The van der Waals surface area contributed by atoms with Crippen LogP contribution in [0.5, 0.6) is 0 Å². The number of carbonyl (C=O) groups excluding carboxylic acids is 1. The van der Waals surface area contributed by atoms with Gasteiger partial charge in [0.1, 0.15) is 6.04 Å². The molecule has 5 nitrogen and oxygen atoms in total. The van der Waals surface area contributed by atoms with Gasteiger partial charge in [0, 0.05) is 12.2 Å². The number of amides is 1. The molecule has 1 aromatic carbocycles. The largest absolute Gasteiger partial charge is 0.378 e. The van der Waals surface area contributed by atoms with Gasteiger partial charge >= 0.3 is 0 Å². The Morgan fingerprint density at radius 2 is 2.12 bits per heavy atom. The number of anilines is 1. The Kier molecular flexibility index (Phi) is 7.99. The van der Waals surface area contributed by atoms with E-state index in [1.807, 2.05) is 24.3 Å². The van der Waals surface area contributed by atoms with E-state index in [0.717, 1.165) is 11.3 Å². The van der Waals surface area contributed by atoms with Crippen LogP contribution in [0.1, 0.15) is 37.7 Å². The van der Waals surface area contributed by atoms with Gasteiger partial charge < -0.3 is 20.1 Å². The van der Waals surface area contributed by atoms with Gasteiger partial charge in [-0.2, -0.15) is 0 Å². The second-order valence-electron chi connectivity index (χ2n) is 6.34. The lowest BCUT2D eigenvalue weighted by Gasteiger charge is -2.23. The molecule has 6 heteroatoms. The van der Waals surface area contributed by atoms with E-state index in [9.17, 15) is 4.79 Å². The maximum Gasteiger partial charge on any atom is 0.243 e. The number of benzene rings is 1. The van der Waals surface area contributed by atoms with Gasteiger partial charge in [0.05, 0.1) is 25.9 Å². The lowest BCUT2D eigenvalue weighted by molar-refractivity contribution is -0.120. The summed E-state index contributed by atoms with van der Waals surface area (Å²) in [5.74, 6) is -0.0463. The minimum atomic E-state index is -0.272. The van der Waals surface area contributed by atoms with Crippen molar-refractivity contribution >= 4 is 24.0 Å². The van der Waals surface area contributed by atoms with Crippen molar-refractivity contribution in [3.05, 3.63) is 29.8 Å². The van der Waals surface area contributed by atoms with Crippen LogP contribution in [0.4, 0.5) is 5.69 Å². The Morgan fingerprint density at radius 1 is 1.29 bits per heavy atom. The summed E-state index contributed by atoms with van der Waals surface area (Å²) in [6.07, 6.45) is 6.62. The van der Waals surface area contributed by atoms with Crippen LogP contribution in [0.25, 0.3) is 0 Å². The number of nitrogens with one attached hydrogen (secondary N) is 2. The fourth-order valence-electron chi connectivity index (χ4n) is 3.15.